The Morgan fingerprint density at radius 2 is 1.18 bits per heavy atom. The average molecular weight is 1450 g/mol. The van der Waals surface area contributed by atoms with Crippen LogP contribution in [0.2, 0.25) is 0 Å². The molecule has 0 unspecified atom stereocenters. The van der Waals surface area contributed by atoms with E-state index in [4.69, 9.17) is 5.73 Å². The van der Waals surface area contributed by atoms with Gasteiger partial charge in [-0.15, -0.1) is 11.8 Å². The second-order valence-corrected chi connectivity index (χ2v) is 24.9. The molecule has 0 spiro atoms. The fraction of sp³-hybridized carbons (Fsp3) is 0.567. The largest absolute Gasteiger partial charge is 0.481 e. The van der Waals surface area contributed by atoms with Gasteiger partial charge in [-0.2, -0.15) is 5.26 Å². The molecule has 0 saturated carbocycles. The molecule has 1 aromatic carbocycles. The lowest BCUT2D eigenvalue weighted by atomic mass is 10.1. The van der Waals surface area contributed by atoms with E-state index in [-0.39, 0.29) is 126 Å². The van der Waals surface area contributed by atoms with Crippen LogP contribution in [-0.2, 0) is 71.9 Å². The molecule has 101 heavy (non-hydrogen) atoms. The second kappa shape index (κ2) is 39.6. The number of thioether (sulfide) groups is 1. The van der Waals surface area contributed by atoms with E-state index in [1.54, 1.807) is 25.7 Å². The third-order valence-electron chi connectivity index (χ3n) is 15.9. The van der Waals surface area contributed by atoms with Gasteiger partial charge in [-0.3, -0.25) is 101 Å². The van der Waals surface area contributed by atoms with E-state index in [0.717, 1.165) is 4.90 Å². The number of alkyl halides is 2. The number of halogens is 2. The third kappa shape index (κ3) is 27.1. The molecule has 38 nitrogen and oxygen atoms in total. The Morgan fingerprint density at radius 3 is 1.71 bits per heavy atom. The predicted octanol–water partition coefficient (Wildman–Crippen LogP) is -5.00. The Balaban J connectivity index is 1.14. The molecule has 0 aliphatic carbocycles. The molecule has 10 amide bonds. The Kier molecular flexibility index (Phi) is 32.0. The van der Waals surface area contributed by atoms with Gasteiger partial charge in [0, 0.05) is 108 Å². The summed E-state index contributed by atoms with van der Waals surface area (Å²) in [6.45, 7) is -2.64. The highest BCUT2D eigenvalue weighted by Crippen LogP contribution is 2.32. The number of nitriles is 1. The zero-order valence-electron chi connectivity index (χ0n) is 54.5. The summed E-state index contributed by atoms with van der Waals surface area (Å²) in [4.78, 5) is 217. The summed E-state index contributed by atoms with van der Waals surface area (Å²) in [6.07, 6.45) is -3.58. The number of amides is 10. The summed E-state index contributed by atoms with van der Waals surface area (Å²) in [5, 5.41) is 82.5. The van der Waals surface area contributed by atoms with Gasteiger partial charge in [0.05, 0.1) is 80.2 Å². The number of hydrogen-bond donors (Lipinski definition) is 14. The highest BCUT2D eigenvalue weighted by Gasteiger charge is 2.47. The van der Waals surface area contributed by atoms with Crippen LogP contribution < -0.4 is 43.0 Å². The van der Waals surface area contributed by atoms with Crippen molar-refractivity contribution in [2.45, 2.75) is 99.2 Å². The van der Waals surface area contributed by atoms with Crippen LogP contribution in [0.4, 0.5) is 14.5 Å². The number of para-hydroxylation sites is 1. The zero-order chi connectivity index (χ0) is 74.7. The van der Waals surface area contributed by atoms with Crippen molar-refractivity contribution in [2.24, 2.45) is 5.73 Å². The van der Waals surface area contributed by atoms with Crippen LogP contribution in [-0.4, -0.2) is 318 Å². The first-order valence-electron chi connectivity index (χ1n) is 31.6. The minimum Gasteiger partial charge on any atom is -0.481 e. The van der Waals surface area contributed by atoms with E-state index in [9.17, 15) is 121 Å². The summed E-state index contributed by atoms with van der Waals surface area (Å²) >= 11 is 0.639. The first-order chi connectivity index (χ1) is 47.8. The monoisotopic (exact) mass is 1450 g/mol. The molecule has 5 rings (SSSR count). The van der Waals surface area contributed by atoms with Gasteiger partial charge >= 0.3 is 35.8 Å². The zero-order valence-corrected chi connectivity index (χ0v) is 55.3. The molecule has 3 aliphatic heterocycles. The van der Waals surface area contributed by atoms with Crippen molar-refractivity contribution in [1.82, 2.24) is 66.3 Å². The summed E-state index contributed by atoms with van der Waals surface area (Å²) < 4.78 is 27.9. The smallest absolute Gasteiger partial charge is 0.327 e. The minimum atomic E-state index is -3.29. The van der Waals surface area contributed by atoms with E-state index in [1.165, 1.54) is 30.5 Å². The van der Waals surface area contributed by atoms with Crippen molar-refractivity contribution in [3.63, 3.8) is 0 Å². The second-order valence-electron chi connectivity index (χ2n) is 23.7. The number of carbonyl (C=O) groups excluding carboxylic acids is 10. The van der Waals surface area contributed by atoms with Crippen LogP contribution >= 0.6 is 11.8 Å². The number of hydrogen-bond acceptors (Lipinski definition) is 24. The first kappa shape index (κ1) is 81.5. The molecule has 41 heteroatoms. The maximum absolute atomic E-state index is 13.9. The number of likely N-dealkylation sites (tertiary alicyclic amines) is 2. The Labute approximate surface area is 578 Å². The fourth-order valence-corrected chi connectivity index (χ4v) is 12.0. The summed E-state index contributed by atoms with van der Waals surface area (Å²) in [5.41, 5.74) is 5.68. The summed E-state index contributed by atoms with van der Waals surface area (Å²) in [7, 11) is 0. The van der Waals surface area contributed by atoms with Crippen molar-refractivity contribution in [3.05, 3.63) is 36.0 Å². The van der Waals surface area contributed by atoms with E-state index in [1.807, 2.05) is 0 Å². The Hall–Kier alpha value is -10.2. The van der Waals surface area contributed by atoms with Crippen LogP contribution in [0.1, 0.15) is 68.1 Å². The lowest BCUT2D eigenvalue weighted by Gasteiger charge is -2.32. The number of carboxylic acids is 6. The van der Waals surface area contributed by atoms with Crippen molar-refractivity contribution < 1.29 is 116 Å². The van der Waals surface area contributed by atoms with Crippen molar-refractivity contribution in [3.8, 4) is 6.07 Å². The molecule has 15 N–H and O–H groups in total. The van der Waals surface area contributed by atoms with Crippen LogP contribution in [0, 0.1) is 11.3 Å². The number of nitrogens with two attached hydrogens (primary N) is 1. The van der Waals surface area contributed by atoms with Crippen LogP contribution in [0.3, 0.4) is 0 Å². The van der Waals surface area contributed by atoms with E-state index < -0.39 is 207 Å². The van der Waals surface area contributed by atoms with E-state index in [0.29, 0.717) is 16.7 Å². The number of fused-ring (bicyclic) bond motifs is 1. The van der Waals surface area contributed by atoms with Crippen LogP contribution in [0.15, 0.2) is 30.5 Å². The van der Waals surface area contributed by atoms with Crippen molar-refractivity contribution in [1.29, 1.82) is 5.26 Å². The molecule has 3 saturated heterocycles. The maximum Gasteiger partial charge on any atom is 0.327 e. The number of anilines is 1. The molecule has 3 aliphatic rings. The lowest BCUT2D eigenvalue weighted by molar-refractivity contribution is -0.143. The molecular formula is C60H80F2N16O22S. The van der Waals surface area contributed by atoms with Gasteiger partial charge in [-0.1, -0.05) is 12.1 Å². The average Bonchev–Trinajstić information content (AvgIpc) is 1.11. The van der Waals surface area contributed by atoms with E-state index >= 15 is 0 Å². The van der Waals surface area contributed by atoms with Gasteiger partial charge in [0.2, 0.25) is 53.2 Å². The molecular weight excluding hydrogens is 1370 g/mol. The first-order valence-corrected chi connectivity index (χ1v) is 32.7. The van der Waals surface area contributed by atoms with E-state index in [2.05, 4.69) is 42.2 Å². The molecule has 6 atom stereocenters. The van der Waals surface area contributed by atoms with Crippen LogP contribution in [0.5, 0.6) is 0 Å². The van der Waals surface area contributed by atoms with Crippen LogP contribution in [0.25, 0.3) is 10.9 Å². The highest BCUT2D eigenvalue weighted by molar-refractivity contribution is 8.00. The van der Waals surface area contributed by atoms with Gasteiger partial charge in [-0.05, 0) is 37.9 Å². The number of imide groups is 1. The van der Waals surface area contributed by atoms with Crippen molar-refractivity contribution >= 4 is 123 Å². The fourth-order valence-electron chi connectivity index (χ4n) is 10.8. The minimum absolute atomic E-state index is 0.0339. The number of pyridine rings is 1. The SMILES string of the molecule is N#C[C@@H]1CC(F)(F)CN1C(=O)CNC(=O)c1ccnc2c(NC(=O)CCC(=O)N[C@H](CC(=O)O)C(=O)N[C@H](CCCCN)C(=O)N[C@H](CC(=O)O)C(=O)N[C@H](CS[C@@H]3CC(=O)N(CCNC(=O)CN4CCN(CC(=O)O)CCN(CC(=O)O)CCN(CC(=O)O)CC4)C3=O)C(=O)O)cccc12. The number of aromatic nitrogens is 1. The number of nitrogens with one attached hydrogen (secondary N) is 7. The number of carbonyl (C=O) groups is 16. The Morgan fingerprint density at radius 1 is 0.653 bits per heavy atom. The van der Waals surface area contributed by atoms with Gasteiger partial charge in [0.1, 0.15) is 30.2 Å². The number of benzene rings is 1. The number of unbranched alkanes of at least 4 members (excludes halogenated alkanes) is 1. The molecule has 4 heterocycles. The van der Waals surface area contributed by atoms with Gasteiger partial charge in [0.25, 0.3) is 11.8 Å². The normalized spacial score (nSPS) is 18.2. The number of carboxylic acid groups (broad SMARTS) is 6. The summed E-state index contributed by atoms with van der Waals surface area (Å²) in [5.74, 6) is -21.9. The molecule has 1 aromatic heterocycles. The maximum atomic E-state index is 13.9. The quantitative estimate of drug-likeness (QED) is 0.0222. The molecule has 0 radical (unpaired) electrons. The number of rotatable bonds is 37. The standard InChI is InChI=1S/C60H80F2N16O22S/c61-60(62)25-34(26-64)78(33-60)47(83)27-67-54(94)36-9-11-66-53-35(36)4-3-6-37(53)68-43(79)7-8-44(80)69-39(22-48(84)85)56(96)70-38(5-1-2-10-63)55(95)71-40(23-49(86)87)57(97)72-41(59(99)100)32-101-42-24-46(82)77(58(42)98)13-12-65-45(81)28-73-14-16-74(29-50(88)89)18-20-76(31-52(92)93)21-19-75(17-15-73)30-51(90)91/h3-4,6,9,11,34,38-42H,1-2,5,7-8,10,12-25,27-33,63H2,(H,65,81)(H,67,94)(H,68,79)(H,69,80)(H,70,96)(H,71,95)(H,72,97)(H,84,85)(H,86,87)(H,88,89)(H,90,91)(H,92,93)(H,99,100)/t34-,38+,39+,40+,41+,42+/m0/s1. The number of nitrogens with zero attached hydrogens (tertiary/aromatic N) is 8. The highest BCUT2D eigenvalue weighted by atomic mass is 32.2. The Bertz CT molecular complexity index is 3450. The van der Waals surface area contributed by atoms with Gasteiger partial charge in [-0.25, -0.2) is 13.6 Å². The molecule has 0 bridgehead atoms. The third-order valence-corrected chi connectivity index (χ3v) is 17.2. The molecule has 552 valence electrons. The summed E-state index contributed by atoms with van der Waals surface area (Å²) in [6, 6.07) is -1.78. The molecule has 2 aromatic rings. The van der Waals surface area contributed by atoms with Gasteiger partial charge < -0.3 is 78.5 Å². The molecule has 3 fully saturated rings. The van der Waals surface area contributed by atoms with Gasteiger partial charge in [0.15, 0.2) is 0 Å². The topological polar surface area (TPSA) is 561 Å². The van der Waals surface area contributed by atoms with Crippen molar-refractivity contribution in [2.75, 3.05) is 122 Å². The number of aliphatic carboxylic acids is 6. The lowest BCUT2D eigenvalue weighted by Crippen LogP contribution is -2.58. The predicted molar refractivity (Wildman–Crippen MR) is 345 cm³/mol.